The first kappa shape index (κ1) is 18.9. The van der Waals surface area contributed by atoms with Crippen LogP contribution in [0.25, 0.3) is 0 Å². The average Bonchev–Trinajstić information content (AvgIpc) is 2.42. The Balaban J connectivity index is 2.35. The number of thioether (sulfide) groups is 1. The average molecular weight is 344 g/mol. The second-order valence-electron chi connectivity index (χ2n) is 4.65. The number of hydrogen-bond acceptors (Lipinski definition) is 2. The molecule has 1 rings (SSSR count). The largest absolute Gasteiger partial charge is 0.392 e. The monoisotopic (exact) mass is 344 g/mol. The lowest BCUT2D eigenvalue weighted by Gasteiger charge is -2.21. The molecule has 0 fully saturated rings. The van der Waals surface area contributed by atoms with Crippen LogP contribution in [0, 0.1) is 0 Å². The number of rotatable bonds is 7. The Kier molecular flexibility index (Phi) is 6.77. The molecule has 0 aliphatic heterocycles. The van der Waals surface area contributed by atoms with Crippen LogP contribution in [-0.4, -0.2) is 29.1 Å². The van der Waals surface area contributed by atoms with Crippen molar-refractivity contribution < 1.29 is 31.1 Å². The van der Waals surface area contributed by atoms with E-state index in [4.69, 9.17) is 0 Å². The van der Waals surface area contributed by atoms with Crippen molar-refractivity contribution in [2.75, 3.05) is 5.75 Å². The van der Waals surface area contributed by atoms with Gasteiger partial charge < -0.3 is 0 Å². The highest BCUT2D eigenvalue weighted by Crippen LogP contribution is 2.35. The molecule has 124 valence electrons. The number of hydrogen-bond donors (Lipinski definition) is 0. The lowest BCUT2D eigenvalue weighted by molar-refractivity contribution is -0.178. The van der Waals surface area contributed by atoms with E-state index in [0.29, 0.717) is 5.56 Å². The lowest BCUT2D eigenvalue weighted by atomic mass is 10.1. The molecule has 8 heteroatoms. The second kappa shape index (κ2) is 7.89. The van der Waals surface area contributed by atoms with Crippen molar-refractivity contribution in [2.24, 2.45) is 0 Å². The van der Waals surface area contributed by atoms with Gasteiger partial charge in [-0.1, -0.05) is 42.1 Å². The SMILES string of the molecule is O=C(SCCCC(F)(F)C(F)CC(F)(F)F)c1ccccc1. The Morgan fingerprint density at radius 2 is 1.68 bits per heavy atom. The Morgan fingerprint density at radius 3 is 2.23 bits per heavy atom. The molecule has 0 bridgehead atoms. The van der Waals surface area contributed by atoms with Crippen molar-refractivity contribution in [1.29, 1.82) is 0 Å². The summed E-state index contributed by atoms with van der Waals surface area (Å²) in [5.41, 5.74) is 0.402. The zero-order chi connectivity index (χ0) is 16.8. The van der Waals surface area contributed by atoms with E-state index in [1.165, 1.54) is 0 Å². The minimum Gasteiger partial charge on any atom is -0.282 e. The summed E-state index contributed by atoms with van der Waals surface area (Å²) in [6.45, 7) is 0. The van der Waals surface area contributed by atoms with Gasteiger partial charge in [0.15, 0.2) is 6.17 Å². The zero-order valence-electron chi connectivity index (χ0n) is 11.4. The molecule has 1 atom stereocenters. The van der Waals surface area contributed by atoms with Crippen molar-refractivity contribution in [2.45, 2.75) is 37.5 Å². The van der Waals surface area contributed by atoms with Gasteiger partial charge in [-0.2, -0.15) is 13.2 Å². The van der Waals surface area contributed by atoms with E-state index in [0.717, 1.165) is 11.8 Å². The van der Waals surface area contributed by atoms with E-state index >= 15 is 0 Å². The molecule has 0 spiro atoms. The first-order valence-electron chi connectivity index (χ1n) is 6.42. The normalized spacial score (nSPS) is 13.9. The molecule has 1 unspecified atom stereocenters. The van der Waals surface area contributed by atoms with E-state index in [1.54, 1.807) is 30.3 Å². The predicted octanol–water partition coefficient (Wildman–Crippen LogP) is 5.27. The molecular weight excluding hydrogens is 330 g/mol. The Morgan fingerprint density at radius 1 is 1.09 bits per heavy atom. The quantitative estimate of drug-likeness (QED) is 0.495. The van der Waals surface area contributed by atoms with E-state index < -0.39 is 31.1 Å². The Bertz CT molecular complexity index is 474. The minimum atomic E-state index is -4.97. The summed E-state index contributed by atoms with van der Waals surface area (Å²) in [4.78, 5) is 11.6. The smallest absolute Gasteiger partial charge is 0.282 e. The molecule has 0 amide bonds. The molecule has 0 N–H and O–H groups in total. The molecule has 0 saturated carbocycles. The van der Waals surface area contributed by atoms with E-state index in [-0.39, 0.29) is 17.3 Å². The number of benzene rings is 1. The molecule has 1 aromatic carbocycles. The van der Waals surface area contributed by atoms with Crippen LogP contribution < -0.4 is 0 Å². The van der Waals surface area contributed by atoms with Crippen LogP contribution in [0.1, 0.15) is 29.6 Å². The molecular formula is C14H14F6OS. The summed E-state index contributed by atoms with van der Waals surface area (Å²) < 4.78 is 75.1. The third kappa shape index (κ3) is 6.72. The Labute approximate surface area is 128 Å². The fourth-order valence-corrected chi connectivity index (χ4v) is 2.42. The maximum atomic E-state index is 13.2. The first-order chi connectivity index (χ1) is 10.1. The maximum Gasteiger partial charge on any atom is 0.392 e. The fourth-order valence-electron chi connectivity index (χ4n) is 1.64. The summed E-state index contributed by atoms with van der Waals surface area (Å²) in [5.74, 6) is -4.06. The van der Waals surface area contributed by atoms with Crippen LogP contribution in [0.3, 0.4) is 0 Å². The van der Waals surface area contributed by atoms with Crippen molar-refractivity contribution in [3.05, 3.63) is 35.9 Å². The van der Waals surface area contributed by atoms with Gasteiger partial charge in [0.2, 0.25) is 5.12 Å². The van der Waals surface area contributed by atoms with E-state index in [1.807, 2.05) is 0 Å². The van der Waals surface area contributed by atoms with Crippen LogP contribution >= 0.6 is 11.8 Å². The van der Waals surface area contributed by atoms with E-state index in [2.05, 4.69) is 0 Å². The van der Waals surface area contributed by atoms with Crippen LogP contribution in [0.2, 0.25) is 0 Å². The predicted molar refractivity (Wildman–Crippen MR) is 73.0 cm³/mol. The summed E-state index contributed by atoms with van der Waals surface area (Å²) in [6.07, 6.45) is -11.7. The molecule has 1 aromatic rings. The third-order valence-electron chi connectivity index (χ3n) is 2.77. The van der Waals surface area contributed by atoms with Crippen molar-refractivity contribution >= 4 is 16.9 Å². The van der Waals surface area contributed by atoms with E-state index in [9.17, 15) is 31.1 Å². The van der Waals surface area contributed by atoms with Crippen LogP contribution in [0.5, 0.6) is 0 Å². The number of carbonyl (C=O) groups is 1. The lowest BCUT2D eigenvalue weighted by Crippen LogP contribution is -2.34. The van der Waals surface area contributed by atoms with Gasteiger partial charge in [-0.15, -0.1) is 0 Å². The van der Waals surface area contributed by atoms with Crippen LogP contribution in [0.15, 0.2) is 30.3 Å². The first-order valence-corrected chi connectivity index (χ1v) is 7.41. The molecule has 22 heavy (non-hydrogen) atoms. The van der Waals surface area contributed by atoms with Gasteiger partial charge in [0.25, 0.3) is 5.92 Å². The molecule has 0 aliphatic rings. The maximum absolute atomic E-state index is 13.2. The van der Waals surface area contributed by atoms with Gasteiger partial charge in [-0.25, -0.2) is 13.2 Å². The van der Waals surface area contributed by atoms with Crippen LogP contribution in [-0.2, 0) is 0 Å². The second-order valence-corrected chi connectivity index (χ2v) is 5.72. The Hall–Kier alpha value is -1.18. The third-order valence-corrected chi connectivity index (χ3v) is 3.76. The highest BCUT2D eigenvalue weighted by molar-refractivity contribution is 8.14. The van der Waals surface area contributed by atoms with Crippen molar-refractivity contribution in [1.82, 2.24) is 0 Å². The van der Waals surface area contributed by atoms with Gasteiger partial charge in [0.05, 0.1) is 6.42 Å². The topological polar surface area (TPSA) is 17.1 Å². The van der Waals surface area contributed by atoms with Gasteiger partial charge in [0.1, 0.15) is 0 Å². The highest BCUT2D eigenvalue weighted by atomic mass is 32.2. The van der Waals surface area contributed by atoms with Gasteiger partial charge in [0, 0.05) is 17.7 Å². The minimum absolute atomic E-state index is 0.0118. The number of alkyl halides is 6. The fraction of sp³-hybridized carbons (Fsp3) is 0.500. The standard InChI is InChI=1S/C14H14F6OS/c15-11(9-14(18,19)20)13(16,17)7-4-8-22-12(21)10-5-2-1-3-6-10/h1-3,5-6,11H,4,7-9H2. The molecule has 0 saturated heterocycles. The zero-order valence-corrected chi connectivity index (χ0v) is 12.2. The summed E-state index contributed by atoms with van der Waals surface area (Å²) in [7, 11) is 0. The molecule has 0 radical (unpaired) electrons. The molecule has 0 heterocycles. The number of carbonyl (C=O) groups excluding carboxylic acids is 1. The van der Waals surface area contributed by atoms with Gasteiger partial charge in [-0.3, -0.25) is 4.79 Å². The van der Waals surface area contributed by atoms with Crippen molar-refractivity contribution in [3.63, 3.8) is 0 Å². The van der Waals surface area contributed by atoms with Crippen molar-refractivity contribution in [3.8, 4) is 0 Å². The summed E-state index contributed by atoms with van der Waals surface area (Å²) in [6, 6.07) is 8.12. The highest BCUT2D eigenvalue weighted by Gasteiger charge is 2.46. The summed E-state index contributed by atoms with van der Waals surface area (Å²) in [5, 5.41) is -0.323. The molecule has 0 aliphatic carbocycles. The van der Waals surface area contributed by atoms with Gasteiger partial charge >= 0.3 is 6.18 Å². The molecule has 0 aromatic heterocycles. The van der Waals surface area contributed by atoms with Crippen LogP contribution in [0.4, 0.5) is 26.3 Å². The summed E-state index contributed by atoms with van der Waals surface area (Å²) >= 11 is 0.778. The van der Waals surface area contributed by atoms with Gasteiger partial charge in [-0.05, 0) is 6.42 Å². The molecule has 1 nitrogen and oxygen atoms in total. The number of halogens is 6.